The SMILES string of the molecule is CNC(=O)Nc1cc2c(cc1F)[C@@]1(CC2)OC(=O)N(CC(=O)N2[C@@H](C)CC[C@H]2c2ccc(F)c(F)c2)C1=O. The van der Waals surface area contributed by atoms with E-state index in [0.717, 1.165) is 18.2 Å². The Kier molecular flexibility index (Phi) is 6.28. The number of fused-ring (bicyclic) bond motifs is 2. The molecule has 12 heteroatoms. The van der Waals surface area contributed by atoms with E-state index in [1.54, 1.807) is 6.92 Å². The van der Waals surface area contributed by atoms with Crippen LogP contribution in [0.3, 0.4) is 0 Å². The van der Waals surface area contributed by atoms with Crippen LogP contribution in [-0.4, -0.2) is 53.4 Å². The van der Waals surface area contributed by atoms with Gasteiger partial charge in [0.2, 0.25) is 11.5 Å². The van der Waals surface area contributed by atoms with Crippen molar-refractivity contribution in [2.75, 3.05) is 18.9 Å². The topological polar surface area (TPSA) is 108 Å². The van der Waals surface area contributed by atoms with Gasteiger partial charge in [0.25, 0.3) is 5.91 Å². The zero-order valence-corrected chi connectivity index (χ0v) is 20.6. The highest BCUT2D eigenvalue weighted by Crippen LogP contribution is 2.47. The summed E-state index contributed by atoms with van der Waals surface area (Å²) < 4.78 is 47.6. The van der Waals surface area contributed by atoms with Gasteiger partial charge < -0.3 is 20.3 Å². The van der Waals surface area contributed by atoms with Gasteiger partial charge >= 0.3 is 12.1 Å². The van der Waals surface area contributed by atoms with E-state index in [4.69, 9.17) is 4.74 Å². The van der Waals surface area contributed by atoms with Crippen LogP contribution in [0.25, 0.3) is 0 Å². The third-order valence-corrected chi connectivity index (χ3v) is 7.50. The largest absolute Gasteiger partial charge is 0.427 e. The van der Waals surface area contributed by atoms with Crippen molar-refractivity contribution in [3.63, 3.8) is 0 Å². The summed E-state index contributed by atoms with van der Waals surface area (Å²) >= 11 is 0. The molecule has 0 saturated carbocycles. The molecule has 3 aliphatic rings. The van der Waals surface area contributed by atoms with Gasteiger partial charge in [-0.25, -0.2) is 27.7 Å². The predicted octanol–water partition coefficient (Wildman–Crippen LogP) is 3.73. The number of carbonyl (C=O) groups excluding carboxylic acids is 4. The fourth-order valence-electron chi connectivity index (χ4n) is 5.61. The van der Waals surface area contributed by atoms with Crippen LogP contribution < -0.4 is 10.6 Å². The number of benzene rings is 2. The lowest BCUT2D eigenvalue weighted by Gasteiger charge is -2.30. The molecule has 3 atom stereocenters. The van der Waals surface area contributed by atoms with Crippen LogP contribution in [0.15, 0.2) is 30.3 Å². The Morgan fingerprint density at radius 3 is 2.55 bits per heavy atom. The number of aryl methyl sites for hydroxylation is 1. The van der Waals surface area contributed by atoms with Gasteiger partial charge in [0.1, 0.15) is 12.4 Å². The molecule has 2 aliphatic heterocycles. The zero-order valence-electron chi connectivity index (χ0n) is 20.6. The average Bonchev–Trinajstić information content (AvgIpc) is 3.51. The minimum Gasteiger partial charge on any atom is -0.427 e. The Hall–Kier alpha value is -4.09. The molecule has 5 amide bonds. The number of nitrogens with zero attached hydrogens (tertiary/aromatic N) is 2. The number of amides is 5. The molecule has 2 saturated heterocycles. The number of anilines is 1. The second-order valence-electron chi connectivity index (χ2n) is 9.70. The molecule has 2 N–H and O–H groups in total. The van der Waals surface area contributed by atoms with Gasteiger partial charge in [-0.2, -0.15) is 0 Å². The van der Waals surface area contributed by atoms with Crippen molar-refractivity contribution < 1.29 is 37.1 Å². The van der Waals surface area contributed by atoms with Gasteiger partial charge in [0.05, 0.1) is 11.7 Å². The molecular formula is C26H25F3N4O5. The maximum atomic E-state index is 14.8. The molecule has 2 aromatic rings. The summed E-state index contributed by atoms with van der Waals surface area (Å²) in [6.07, 6.45) is 0.398. The summed E-state index contributed by atoms with van der Waals surface area (Å²) in [7, 11) is 1.38. The second-order valence-corrected chi connectivity index (χ2v) is 9.70. The number of hydrogen-bond acceptors (Lipinski definition) is 5. The van der Waals surface area contributed by atoms with E-state index in [1.807, 2.05) is 0 Å². The van der Waals surface area contributed by atoms with Crippen molar-refractivity contribution >= 4 is 29.6 Å². The Balaban J connectivity index is 1.38. The third kappa shape index (κ3) is 4.04. The summed E-state index contributed by atoms with van der Waals surface area (Å²) in [4.78, 5) is 53.5. The van der Waals surface area contributed by atoms with Crippen LogP contribution in [0.4, 0.5) is 28.4 Å². The van der Waals surface area contributed by atoms with Gasteiger partial charge in [-0.15, -0.1) is 0 Å². The molecule has 0 bridgehead atoms. The fraction of sp³-hybridized carbons (Fsp3) is 0.385. The summed E-state index contributed by atoms with van der Waals surface area (Å²) in [6.45, 7) is 1.18. The Bertz CT molecular complexity index is 1370. The Morgan fingerprint density at radius 2 is 1.84 bits per heavy atom. The van der Waals surface area contributed by atoms with Crippen molar-refractivity contribution in [1.29, 1.82) is 0 Å². The van der Waals surface area contributed by atoms with Crippen molar-refractivity contribution in [3.8, 4) is 0 Å². The highest BCUT2D eigenvalue weighted by molar-refractivity contribution is 6.06. The summed E-state index contributed by atoms with van der Waals surface area (Å²) in [5.74, 6) is -4.18. The molecule has 2 heterocycles. The Labute approximate surface area is 215 Å². The van der Waals surface area contributed by atoms with Gasteiger partial charge in [0.15, 0.2) is 11.6 Å². The lowest BCUT2D eigenvalue weighted by atomic mass is 9.94. The predicted molar refractivity (Wildman–Crippen MR) is 127 cm³/mol. The first-order chi connectivity index (χ1) is 18.1. The van der Waals surface area contributed by atoms with E-state index < -0.39 is 59.6 Å². The monoisotopic (exact) mass is 530 g/mol. The molecule has 1 aliphatic carbocycles. The zero-order chi connectivity index (χ0) is 27.4. The van der Waals surface area contributed by atoms with Gasteiger partial charge in [0, 0.05) is 25.1 Å². The molecule has 0 aromatic heterocycles. The van der Waals surface area contributed by atoms with E-state index in [9.17, 15) is 32.3 Å². The van der Waals surface area contributed by atoms with Crippen LogP contribution in [0.2, 0.25) is 0 Å². The normalized spacial score (nSPS) is 24.1. The standard InChI is InChI=1S/C26H25F3N4O5/c1-13-3-6-21(15-4-5-17(27)18(28)9-15)33(13)22(34)12-32-23(35)26(38-25(32)37)8-7-14-10-20(31-24(36)30-2)19(29)11-16(14)26/h4-5,9-11,13,21H,3,6-8,12H2,1-2H3,(H2,30,31,36)/t13-,21-,26+/m0/s1. The number of rotatable bonds is 4. The first-order valence-corrected chi connectivity index (χ1v) is 12.2. The molecule has 9 nitrogen and oxygen atoms in total. The summed E-state index contributed by atoms with van der Waals surface area (Å²) in [5.41, 5.74) is -0.751. The number of hydrogen-bond donors (Lipinski definition) is 2. The molecule has 1 spiro atoms. The lowest BCUT2D eigenvalue weighted by Crippen LogP contribution is -2.46. The van der Waals surface area contributed by atoms with Crippen LogP contribution in [-0.2, 0) is 26.3 Å². The molecule has 0 radical (unpaired) electrons. The fourth-order valence-corrected chi connectivity index (χ4v) is 5.61. The summed E-state index contributed by atoms with van der Waals surface area (Å²) in [6, 6.07) is 4.45. The van der Waals surface area contributed by atoms with Crippen molar-refractivity contribution in [2.45, 2.75) is 50.3 Å². The van der Waals surface area contributed by atoms with E-state index >= 15 is 0 Å². The number of imide groups is 1. The van der Waals surface area contributed by atoms with Crippen molar-refractivity contribution in [1.82, 2.24) is 15.1 Å². The highest BCUT2D eigenvalue weighted by atomic mass is 19.2. The molecule has 200 valence electrons. The molecule has 2 aromatic carbocycles. The van der Waals surface area contributed by atoms with E-state index in [-0.39, 0.29) is 30.1 Å². The molecule has 2 fully saturated rings. The number of likely N-dealkylation sites (tertiary alicyclic amines) is 1. The number of nitrogens with one attached hydrogen (secondary N) is 2. The molecular weight excluding hydrogens is 505 g/mol. The molecule has 5 rings (SSSR count). The van der Waals surface area contributed by atoms with E-state index in [0.29, 0.717) is 28.9 Å². The average molecular weight is 531 g/mol. The quantitative estimate of drug-likeness (QED) is 0.627. The van der Waals surface area contributed by atoms with Gasteiger partial charge in [-0.3, -0.25) is 9.59 Å². The minimum absolute atomic E-state index is 0.0536. The Morgan fingerprint density at radius 1 is 1.08 bits per heavy atom. The van der Waals surface area contributed by atoms with Crippen molar-refractivity contribution in [3.05, 3.63) is 64.5 Å². The van der Waals surface area contributed by atoms with Crippen LogP contribution in [0, 0.1) is 17.5 Å². The first-order valence-electron chi connectivity index (χ1n) is 12.2. The maximum absolute atomic E-state index is 14.8. The number of halogens is 3. The van der Waals surface area contributed by atoms with Gasteiger partial charge in [-0.1, -0.05) is 6.07 Å². The van der Waals surface area contributed by atoms with Crippen LogP contribution in [0.1, 0.15) is 48.9 Å². The van der Waals surface area contributed by atoms with E-state index in [2.05, 4.69) is 10.6 Å². The number of carbonyl (C=O) groups is 4. The van der Waals surface area contributed by atoms with Crippen LogP contribution >= 0.6 is 0 Å². The third-order valence-electron chi connectivity index (χ3n) is 7.50. The van der Waals surface area contributed by atoms with Crippen LogP contribution in [0.5, 0.6) is 0 Å². The van der Waals surface area contributed by atoms with Gasteiger partial charge in [-0.05, 0) is 61.6 Å². The van der Waals surface area contributed by atoms with Crippen molar-refractivity contribution in [2.24, 2.45) is 0 Å². The maximum Gasteiger partial charge on any atom is 0.418 e. The minimum atomic E-state index is -1.77. The first kappa shape index (κ1) is 25.6. The highest BCUT2D eigenvalue weighted by Gasteiger charge is 2.59. The number of ether oxygens (including phenoxy) is 1. The summed E-state index contributed by atoms with van der Waals surface area (Å²) in [5, 5.41) is 4.68. The molecule has 38 heavy (non-hydrogen) atoms. The number of urea groups is 1. The smallest absolute Gasteiger partial charge is 0.418 e. The van der Waals surface area contributed by atoms with E-state index in [1.165, 1.54) is 24.1 Å². The molecule has 0 unspecified atom stereocenters. The second kappa shape index (κ2) is 9.34. The lowest BCUT2D eigenvalue weighted by molar-refractivity contribution is -0.143.